The Morgan fingerprint density at radius 3 is 2.75 bits per heavy atom. The molecule has 2 rings (SSSR count). The van der Waals surface area contributed by atoms with Crippen LogP contribution in [0.15, 0.2) is 12.2 Å². The highest BCUT2D eigenvalue weighted by molar-refractivity contribution is 5.79. The van der Waals surface area contributed by atoms with Crippen LogP contribution in [0.1, 0.15) is 32.1 Å². The van der Waals surface area contributed by atoms with Crippen molar-refractivity contribution in [1.82, 2.24) is 4.90 Å². The van der Waals surface area contributed by atoms with Crippen LogP contribution in [0.4, 0.5) is 0 Å². The van der Waals surface area contributed by atoms with Gasteiger partial charge >= 0.3 is 0 Å². The Morgan fingerprint density at radius 2 is 2.19 bits per heavy atom. The second-order valence-electron chi connectivity index (χ2n) is 4.85. The van der Waals surface area contributed by atoms with E-state index in [-0.39, 0.29) is 11.8 Å². The molecular weight excluding hydrogens is 198 g/mol. The van der Waals surface area contributed by atoms with E-state index < -0.39 is 0 Å². The summed E-state index contributed by atoms with van der Waals surface area (Å²) in [7, 11) is 0. The molecule has 1 unspecified atom stereocenters. The summed E-state index contributed by atoms with van der Waals surface area (Å²) in [4.78, 5) is 14.1. The predicted molar refractivity (Wildman–Crippen MR) is 64.6 cm³/mol. The van der Waals surface area contributed by atoms with E-state index in [2.05, 4.69) is 18.1 Å². The molecule has 0 N–H and O–H groups in total. The van der Waals surface area contributed by atoms with Crippen LogP contribution < -0.4 is 0 Å². The number of nitrogens with zero attached hydrogens (tertiary/aromatic N) is 1. The highest BCUT2D eigenvalue weighted by Gasteiger charge is 2.29. The Balaban J connectivity index is 1.92. The van der Waals surface area contributed by atoms with Gasteiger partial charge in [-0.25, -0.2) is 0 Å². The normalized spacial score (nSPS) is 23.8. The van der Waals surface area contributed by atoms with Gasteiger partial charge in [0.05, 0.1) is 6.54 Å². The molecule has 1 saturated carbocycles. The van der Waals surface area contributed by atoms with Gasteiger partial charge in [0.25, 0.3) is 0 Å². The van der Waals surface area contributed by atoms with E-state index in [1.54, 1.807) is 0 Å². The molecule has 2 nitrogen and oxygen atoms in total. The first-order chi connectivity index (χ1) is 7.81. The minimum Gasteiger partial charge on any atom is -0.331 e. The van der Waals surface area contributed by atoms with Gasteiger partial charge in [-0.3, -0.25) is 4.79 Å². The summed E-state index contributed by atoms with van der Waals surface area (Å²) in [5, 5.41) is 0. The van der Waals surface area contributed by atoms with Crippen LogP contribution in [-0.4, -0.2) is 23.9 Å². The molecule has 0 aromatic rings. The molecule has 0 aromatic heterocycles. The summed E-state index contributed by atoms with van der Waals surface area (Å²) >= 11 is 0. The maximum Gasteiger partial charge on any atom is 0.226 e. The molecular formula is C14H19NO. The van der Waals surface area contributed by atoms with Gasteiger partial charge < -0.3 is 4.90 Å². The van der Waals surface area contributed by atoms with Gasteiger partial charge in [-0.05, 0) is 38.0 Å². The van der Waals surface area contributed by atoms with E-state index in [0.717, 1.165) is 31.7 Å². The average Bonchev–Trinajstić information content (AvgIpc) is 3.13. The van der Waals surface area contributed by atoms with Crippen molar-refractivity contribution in [3.05, 3.63) is 12.2 Å². The number of amides is 1. The number of allylic oxidation sites excluding steroid dienone is 2. The summed E-state index contributed by atoms with van der Waals surface area (Å²) in [6, 6.07) is 0. The Hall–Kier alpha value is -1.23. The van der Waals surface area contributed by atoms with Gasteiger partial charge in [0.15, 0.2) is 0 Å². The molecule has 0 aromatic carbocycles. The number of carbonyl (C=O) groups excluding carboxylic acids is 1. The third kappa shape index (κ3) is 2.88. The summed E-state index contributed by atoms with van der Waals surface area (Å²) in [5.41, 5.74) is 0. The van der Waals surface area contributed by atoms with Gasteiger partial charge in [-0.2, -0.15) is 0 Å². The first-order valence-corrected chi connectivity index (χ1v) is 6.18. The second-order valence-corrected chi connectivity index (χ2v) is 4.85. The lowest BCUT2D eigenvalue weighted by atomic mass is 9.93. The fraction of sp³-hybridized carbons (Fsp3) is 0.643. The Morgan fingerprint density at radius 1 is 1.38 bits per heavy atom. The summed E-state index contributed by atoms with van der Waals surface area (Å²) < 4.78 is 0. The SMILES string of the molecule is C#CCN(CC1CC1)C(=O)C1CC=CCC1. The predicted octanol–water partition coefficient (Wildman–Crippen LogP) is 2.21. The lowest BCUT2D eigenvalue weighted by molar-refractivity contribution is -0.135. The van der Waals surface area contributed by atoms with Gasteiger partial charge in [0.2, 0.25) is 5.91 Å². The molecule has 1 amide bonds. The van der Waals surface area contributed by atoms with E-state index in [0.29, 0.717) is 6.54 Å². The Bertz CT molecular complexity index is 322. The van der Waals surface area contributed by atoms with Crippen LogP contribution in [0.2, 0.25) is 0 Å². The van der Waals surface area contributed by atoms with Crippen molar-refractivity contribution in [2.45, 2.75) is 32.1 Å². The number of hydrogen-bond donors (Lipinski definition) is 0. The third-order valence-electron chi connectivity index (χ3n) is 3.39. The minimum absolute atomic E-state index is 0.178. The summed E-state index contributed by atoms with van der Waals surface area (Å²) in [6.07, 6.45) is 15.1. The number of carbonyl (C=O) groups is 1. The highest BCUT2D eigenvalue weighted by Crippen LogP contribution is 2.30. The summed E-state index contributed by atoms with van der Waals surface area (Å²) in [6.45, 7) is 1.36. The smallest absolute Gasteiger partial charge is 0.226 e. The number of terminal acetylenes is 1. The lowest BCUT2D eigenvalue weighted by Crippen LogP contribution is -2.38. The molecule has 0 spiro atoms. The number of rotatable bonds is 4. The molecule has 0 aliphatic heterocycles. The van der Waals surface area contributed by atoms with E-state index in [4.69, 9.17) is 6.42 Å². The molecule has 0 saturated heterocycles. The minimum atomic E-state index is 0.178. The molecule has 86 valence electrons. The van der Waals surface area contributed by atoms with Crippen LogP contribution in [0, 0.1) is 24.2 Å². The van der Waals surface area contributed by atoms with Crippen molar-refractivity contribution in [1.29, 1.82) is 0 Å². The fourth-order valence-corrected chi connectivity index (χ4v) is 2.23. The van der Waals surface area contributed by atoms with Crippen molar-refractivity contribution in [2.75, 3.05) is 13.1 Å². The molecule has 2 heteroatoms. The van der Waals surface area contributed by atoms with Gasteiger partial charge in [-0.15, -0.1) is 6.42 Å². The first-order valence-electron chi connectivity index (χ1n) is 6.18. The van der Waals surface area contributed by atoms with E-state index in [1.807, 2.05) is 4.90 Å². The zero-order valence-electron chi connectivity index (χ0n) is 9.69. The molecule has 2 aliphatic rings. The molecule has 1 fully saturated rings. The fourth-order valence-electron chi connectivity index (χ4n) is 2.23. The lowest BCUT2D eigenvalue weighted by Gasteiger charge is -2.26. The molecule has 0 bridgehead atoms. The molecule has 0 radical (unpaired) electrons. The largest absolute Gasteiger partial charge is 0.331 e. The van der Waals surface area contributed by atoms with Crippen LogP contribution in [0.3, 0.4) is 0 Å². The van der Waals surface area contributed by atoms with E-state index in [1.165, 1.54) is 12.8 Å². The molecule has 2 aliphatic carbocycles. The van der Waals surface area contributed by atoms with Crippen molar-refractivity contribution >= 4 is 5.91 Å². The highest BCUT2D eigenvalue weighted by atomic mass is 16.2. The van der Waals surface area contributed by atoms with E-state index in [9.17, 15) is 4.79 Å². The Kier molecular flexibility index (Phi) is 3.66. The van der Waals surface area contributed by atoms with Crippen molar-refractivity contribution in [3.8, 4) is 12.3 Å². The number of hydrogen-bond acceptors (Lipinski definition) is 1. The molecule has 1 atom stereocenters. The van der Waals surface area contributed by atoms with Gasteiger partial charge in [0, 0.05) is 12.5 Å². The van der Waals surface area contributed by atoms with Crippen LogP contribution in [-0.2, 0) is 4.79 Å². The zero-order chi connectivity index (χ0) is 11.4. The van der Waals surface area contributed by atoms with Gasteiger partial charge in [-0.1, -0.05) is 18.1 Å². The topological polar surface area (TPSA) is 20.3 Å². The van der Waals surface area contributed by atoms with Crippen LogP contribution in [0.5, 0.6) is 0 Å². The maximum atomic E-state index is 12.2. The van der Waals surface area contributed by atoms with Crippen LogP contribution >= 0.6 is 0 Å². The first kappa shape index (κ1) is 11.3. The average molecular weight is 217 g/mol. The van der Waals surface area contributed by atoms with Crippen molar-refractivity contribution in [2.24, 2.45) is 11.8 Å². The van der Waals surface area contributed by atoms with Crippen molar-refractivity contribution in [3.63, 3.8) is 0 Å². The Labute approximate surface area is 97.7 Å². The monoisotopic (exact) mass is 217 g/mol. The third-order valence-corrected chi connectivity index (χ3v) is 3.39. The van der Waals surface area contributed by atoms with Gasteiger partial charge in [0.1, 0.15) is 0 Å². The summed E-state index contributed by atoms with van der Waals surface area (Å²) in [5.74, 6) is 3.78. The van der Waals surface area contributed by atoms with Crippen molar-refractivity contribution < 1.29 is 4.79 Å². The maximum absolute atomic E-state index is 12.2. The van der Waals surface area contributed by atoms with Crippen LogP contribution in [0.25, 0.3) is 0 Å². The van der Waals surface area contributed by atoms with E-state index >= 15 is 0 Å². The molecule has 0 heterocycles. The standard InChI is InChI=1S/C14H19NO/c1-2-10-15(11-12-8-9-12)14(16)13-6-4-3-5-7-13/h1,3-4,12-13H,5-11H2. The molecule has 16 heavy (non-hydrogen) atoms. The quantitative estimate of drug-likeness (QED) is 0.522. The zero-order valence-corrected chi connectivity index (χ0v) is 9.69. The second kappa shape index (κ2) is 5.21.